The van der Waals surface area contributed by atoms with E-state index in [4.69, 9.17) is 0 Å². The number of carbonyl (C=O) groups is 1. The molecule has 3 heteroatoms. The second kappa shape index (κ2) is 4.62. The van der Waals surface area contributed by atoms with Crippen LogP contribution in [0.2, 0.25) is 0 Å². The molecule has 1 heterocycles. The minimum Gasteiger partial charge on any atom is -0.481 e. The van der Waals surface area contributed by atoms with Crippen molar-refractivity contribution in [2.45, 2.75) is 51.4 Å². The van der Waals surface area contributed by atoms with Crippen molar-refractivity contribution < 1.29 is 9.90 Å². The van der Waals surface area contributed by atoms with E-state index >= 15 is 0 Å². The van der Waals surface area contributed by atoms with Crippen molar-refractivity contribution in [3.8, 4) is 0 Å². The fraction of sp³-hybridized carbons (Fsp3) is 0.500. The summed E-state index contributed by atoms with van der Waals surface area (Å²) in [4.78, 5) is 11.6. The van der Waals surface area contributed by atoms with Gasteiger partial charge in [-0.25, -0.2) is 0 Å². The van der Waals surface area contributed by atoms with Crippen molar-refractivity contribution in [2.75, 3.05) is 0 Å². The largest absolute Gasteiger partial charge is 0.481 e. The predicted octanol–water partition coefficient (Wildman–Crippen LogP) is 3.98. The van der Waals surface area contributed by atoms with Crippen molar-refractivity contribution in [1.29, 1.82) is 0 Å². The van der Waals surface area contributed by atoms with Crippen LogP contribution < -0.4 is 0 Å². The van der Waals surface area contributed by atoms with Crippen LogP contribution in [0.4, 0.5) is 0 Å². The van der Waals surface area contributed by atoms with E-state index in [-0.39, 0.29) is 11.3 Å². The number of hydrogen-bond donors (Lipinski definition) is 1. The van der Waals surface area contributed by atoms with Crippen LogP contribution in [0, 0.1) is 0 Å². The highest BCUT2D eigenvalue weighted by atomic mass is 16.4. The van der Waals surface area contributed by atoms with Crippen molar-refractivity contribution in [3.63, 3.8) is 0 Å². The fourth-order valence-electron chi connectivity index (χ4n) is 3.55. The van der Waals surface area contributed by atoms with Gasteiger partial charge in [0, 0.05) is 23.6 Å². The molecule has 1 aliphatic rings. The summed E-state index contributed by atoms with van der Waals surface area (Å²) in [5, 5.41) is 10.7. The molecule has 0 aliphatic heterocycles. The van der Waals surface area contributed by atoms with Gasteiger partial charge in [-0.1, -0.05) is 26.8 Å². The fourth-order valence-corrected chi connectivity index (χ4v) is 3.55. The number of carboxylic acid groups (broad SMARTS) is 1. The minimum atomic E-state index is -0.690. The van der Waals surface area contributed by atoms with Crippen LogP contribution in [0.3, 0.4) is 0 Å². The standard InChI is InChI=1S/C18H23NO2/c1-18(2,3)11-8-9-14-13(10-11)16-12(17(20)21)6-5-7-15(16)19(14)4/h8-10,12H,5-7H2,1-4H3,(H,20,21). The second-order valence-corrected chi connectivity index (χ2v) is 7.18. The lowest BCUT2D eigenvalue weighted by atomic mass is 9.82. The lowest BCUT2D eigenvalue weighted by Gasteiger charge is -2.21. The molecule has 2 aromatic rings. The lowest BCUT2D eigenvalue weighted by molar-refractivity contribution is -0.139. The molecule has 1 aromatic heterocycles. The number of benzene rings is 1. The van der Waals surface area contributed by atoms with Gasteiger partial charge in [0.05, 0.1) is 5.92 Å². The highest BCUT2D eigenvalue weighted by Gasteiger charge is 2.31. The quantitative estimate of drug-likeness (QED) is 0.861. The SMILES string of the molecule is Cn1c2c(c3cc(C(C)(C)C)ccc31)C(C(=O)O)CCC2. The van der Waals surface area contributed by atoms with E-state index in [1.165, 1.54) is 11.3 Å². The molecule has 0 saturated heterocycles. The van der Waals surface area contributed by atoms with Gasteiger partial charge in [-0.2, -0.15) is 0 Å². The number of aryl methyl sites for hydroxylation is 1. The number of fused-ring (bicyclic) bond motifs is 3. The monoisotopic (exact) mass is 285 g/mol. The summed E-state index contributed by atoms with van der Waals surface area (Å²) in [5.74, 6) is -1.04. The molecule has 0 bridgehead atoms. The summed E-state index contributed by atoms with van der Waals surface area (Å²) in [6, 6.07) is 6.52. The van der Waals surface area contributed by atoms with Gasteiger partial charge in [0.25, 0.3) is 0 Å². The van der Waals surface area contributed by atoms with E-state index in [0.29, 0.717) is 0 Å². The maximum Gasteiger partial charge on any atom is 0.311 e. The van der Waals surface area contributed by atoms with Crippen LogP contribution in [0.5, 0.6) is 0 Å². The molecule has 112 valence electrons. The van der Waals surface area contributed by atoms with E-state index in [0.717, 1.165) is 35.7 Å². The van der Waals surface area contributed by atoms with E-state index in [1.54, 1.807) is 0 Å². The Labute approximate surface area is 125 Å². The third kappa shape index (κ3) is 2.15. The molecular weight excluding hydrogens is 262 g/mol. The van der Waals surface area contributed by atoms with Crippen molar-refractivity contribution >= 4 is 16.9 Å². The molecular formula is C18H23NO2. The number of aromatic nitrogens is 1. The van der Waals surface area contributed by atoms with E-state index in [2.05, 4.69) is 50.6 Å². The third-order valence-corrected chi connectivity index (χ3v) is 4.78. The molecule has 1 atom stereocenters. The topological polar surface area (TPSA) is 42.2 Å². The van der Waals surface area contributed by atoms with E-state index in [1.807, 2.05) is 0 Å². The summed E-state index contributed by atoms with van der Waals surface area (Å²) < 4.78 is 2.19. The Kier molecular flexibility index (Phi) is 3.12. The number of hydrogen-bond acceptors (Lipinski definition) is 1. The smallest absolute Gasteiger partial charge is 0.311 e. The first kappa shape index (κ1) is 14.2. The van der Waals surface area contributed by atoms with E-state index in [9.17, 15) is 9.90 Å². The van der Waals surface area contributed by atoms with Gasteiger partial charge in [-0.3, -0.25) is 4.79 Å². The van der Waals surface area contributed by atoms with Gasteiger partial charge in [0.15, 0.2) is 0 Å². The molecule has 1 aromatic carbocycles. The molecule has 0 saturated carbocycles. The first-order valence-corrected chi connectivity index (χ1v) is 7.65. The zero-order valence-electron chi connectivity index (χ0n) is 13.2. The van der Waals surface area contributed by atoms with Gasteiger partial charge < -0.3 is 9.67 Å². The molecule has 1 aliphatic carbocycles. The predicted molar refractivity (Wildman–Crippen MR) is 84.9 cm³/mol. The average Bonchev–Trinajstić information content (AvgIpc) is 2.71. The molecule has 1 N–H and O–H groups in total. The molecule has 0 spiro atoms. The number of carboxylic acids is 1. The Morgan fingerprint density at radius 3 is 2.67 bits per heavy atom. The first-order valence-electron chi connectivity index (χ1n) is 7.65. The molecule has 1 unspecified atom stereocenters. The van der Waals surface area contributed by atoms with Gasteiger partial charge in [0.2, 0.25) is 0 Å². The number of rotatable bonds is 1. The van der Waals surface area contributed by atoms with Gasteiger partial charge >= 0.3 is 5.97 Å². The number of nitrogens with zero attached hydrogens (tertiary/aromatic N) is 1. The summed E-state index contributed by atoms with van der Waals surface area (Å²) in [5.41, 5.74) is 4.75. The molecule has 3 rings (SSSR count). The Balaban J connectivity index is 2.31. The van der Waals surface area contributed by atoms with Gasteiger partial charge in [-0.15, -0.1) is 0 Å². The molecule has 0 amide bonds. The van der Waals surface area contributed by atoms with Crippen LogP contribution >= 0.6 is 0 Å². The number of aliphatic carboxylic acids is 1. The molecule has 21 heavy (non-hydrogen) atoms. The third-order valence-electron chi connectivity index (χ3n) is 4.78. The Hall–Kier alpha value is -1.77. The Morgan fingerprint density at radius 2 is 2.05 bits per heavy atom. The maximum atomic E-state index is 11.6. The van der Waals surface area contributed by atoms with Crippen LogP contribution in [0.15, 0.2) is 18.2 Å². The Morgan fingerprint density at radius 1 is 1.33 bits per heavy atom. The van der Waals surface area contributed by atoms with E-state index < -0.39 is 5.97 Å². The average molecular weight is 285 g/mol. The van der Waals surface area contributed by atoms with Gasteiger partial charge in [0.1, 0.15) is 0 Å². The highest BCUT2D eigenvalue weighted by Crippen LogP contribution is 2.40. The summed E-state index contributed by atoms with van der Waals surface area (Å²) in [7, 11) is 2.06. The van der Waals surface area contributed by atoms with Crippen LogP contribution in [0.25, 0.3) is 10.9 Å². The zero-order chi connectivity index (χ0) is 15.4. The van der Waals surface area contributed by atoms with Crippen molar-refractivity contribution in [1.82, 2.24) is 4.57 Å². The lowest BCUT2D eigenvalue weighted by Crippen LogP contribution is -2.18. The highest BCUT2D eigenvalue weighted by molar-refractivity contribution is 5.92. The van der Waals surface area contributed by atoms with Crippen molar-refractivity contribution in [2.24, 2.45) is 7.05 Å². The van der Waals surface area contributed by atoms with Crippen molar-refractivity contribution in [3.05, 3.63) is 35.0 Å². The normalized spacial score (nSPS) is 18.8. The molecule has 0 fully saturated rings. The summed E-state index contributed by atoms with van der Waals surface area (Å²) in [6.07, 6.45) is 2.69. The van der Waals surface area contributed by atoms with Crippen LogP contribution in [-0.4, -0.2) is 15.6 Å². The summed E-state index contributed by atoms with van der Waals surface area (Å²) in [6.45, 7) is 6.58. The second-order valence-electron chi connectivity index (χ2n) is 7.18. The maximum absolute atomic E-state index is 11.6. The zero-order valence-corrected chi connectivity index (χ0v) is 13.2. The minimum absolute atomic E-state index is 0.0737. The summed E-state index contributed by atoms with van der Waals surface area (Å²) >= 11 is 0. The Bertz CT molecular complexity index is 719. The molecule has 0 radical (unpaired) electrons. The van der Waals surface area contributed by atoms with Gasteiger partial charge in [-0.05, 0) is 47.9 Å². The molecule has 3 nitrogen and oxygen atoms in total. The van der Waals surface area contributed by atoms with Crippen LogP contribution in [-0.2, 0) is 23.7 Å². The first-order chi connectivity index (χ1) is 9.80. The van der Waals surface area contributed by atoms with Crippen LogP contribution in [0.1, 0.15) is 56.4 Å².